The zero-order valence-electron chi connectivity index (χ0n) is 10.4. The Hall–Kier alpha value is -1.22. The number of benzene rings is 1. The average Bonchev–Trinajstić information content (AvgIpc) is 2.27. The van der Waals surface area contributed by atoms with E-state index >= 15 is 0 Å². The Morgan fingerprint density at radius 3 is 2.88 bits per heavy atom. The zero-order valence-corrected chi connectivity index (χ0v) is 10.4. The number of hydrogen-bond donors (Lipinski definition) is 0. The quantitative estimate of drug-likeness (QED) is 0.785. The minimum absolute atomic E-state index is 0.129. The van der Waals surface area contributed by atoms with Crippen molar-refractivity contribution < 1.29 is 9.18 Å². The van der Waals surface area contributed by atoms with Crippen LogP contribution in [0.4, 0.5) is 4.39 Å². The number of nitrogens with zero attached hydrogens (tertiary/aromatic N) is 1. The first kappa shape index (κ1) is 12.2. The van der Waals surface area contributed by atoms with Gasteiger partial charge >= 0.3 is 0 Å². The van der Waals surface area contributed by atoms with Crippen LogP contribution in [0.1, 0.15) is 24.5 Å². The van der Waals surface area contributed by atoms with Crippen LogP contribution in [0.15, 0.2) is 18.2 Å². The first-order valence-electron chi connectivity index (χ1n) is 6.06. The van der Waals surface area contributed by atoms with E-state index in [1.54, 1.807) is 6.07 Å². The van der Waals surface area contributed by atoms with Crippen LogP contribution in [-0.2, 0) is 11.3 Å². The Morgan fingerprint density at radius 2 is 2.24 bits per heavy atom. The summed E-state index contributed by atoms with van der Waals surface area (Å²) in [7, 11) is 0. The molecule has 0 aliphatic carbocycles. The summed E-state index contributed by atoms with van der Waals surface area (Å²) in [6.07, 6.45) is 0.640. The van der Waals surface area contributed by atoms with Crippen molar-refractivity contribution >= 4 is 5.78 Å². The third-order valence-corrected chi connectivity index (χ3v) is 3.45. The summed E-state index contributed by atoms with van der Waals surface area (Å²) in [6, 6.07) is 4.90. The van der Waals surface area contributed by atoms with E-state index in [2.05, 4.69) is 4.90 Å². The molecule has 0 saturated carbocycles. The monoisotopic (exact) mass is 235 g/mol. The molecule has 1 unspecified atom stereocenters. The minimum atomic E-state index is -0.187. The van der Waals surface area contributed by atoms with E-state index in [0.29, 0.717) is 12.2 Å². The highest BCUT2D eigenvalue weighted by atomic mass is 19.1. The van der Waals surface area contributed by atoms with Crippen LogP contribution in [0.3, 0.4) is 0 Å². The topological polar surface area (TPSA) is 20.3 Å². The van der Waals surface area contributed by atoms with Gasteiger partial charge in [-0.3, -0.25) is 9.69 Å². The molecular formula is C14H18FNO. The highest BCUT2D eigenvalue weighted by Gasteiger charge is 2.23. The molecule has 0 aromatic heterocycles. The number of likely N-dealkylation sites (tertiary alicyclic amines) is 1. The minimum Gasteiger partial charge on any atom is -0.299 e. The number of hydrogen-bond acceptors (Lipinski definition) is 2. The summed E-state index contributed by atoms with van der Waals surface area (Å²) in [6.45, 7) is 6.35. The van der Waals surface area contributed by atoms with Crippen molar-refractivity contribution in [3.8, 4) is 0 Å². The highest BCUT2D eigenvalue weighted by molar-refractivity contribution is 5.81. The first-order chi connectivity index (χ1) is 8.06. The molecule has 1 aromatic rings. The SMILES string of the molecule is Cc1cc(F)ccc1CN1CCC(=O)C(C)C1. The Bertz CT molecular complexity index is 430. The predicted octanol–water partition coefficient (Wildman–Crippen LogP) is 2.55. The number of ketones is 1. The normalized spacial score (nSPS) is 21.8. The third-order valence-electron chi connectivity index (χ3n) is 3.45. The summed E-state index contributed by atoms with van der Waals surface area (Å²) in [5.74, 6) is 0.301. The van der Waals surface area contributed by atoms with Crippen LogP contribution in [0.2, 0.25) is 0 Å². The van der Waals surface area contributed by atoms with E-state index in [9.17, 15) is 9.18 Å². The molecule has 3 heteroatoms. The predicted molar refractivity (Wildman–Crippen MR) is 65.2 cm³/mol. The Balaban J connectivity index is 2.03. The van der Waals surface area contributed by atoms with Gasteiger partial charge in [-0.05, 0) is 30.2 Å². The van der Waals surface area contributed by atoms with E-state index in [1.165, 1.54) is 6.07 Å². The number of rotatable bonds is 2. The van der Waals surface area contributed by atoms with Crippen molar-refractivity contribution in [2.75, 3.05) is 13.1 Å². The summed E-state index contributed by atoms with van der Waals surface area (Å²) in [4.78, 5) is 13.7. The molecule has 1 atom stereocenters. The summed E-state index contributed by atoms with van der Waals surface area (Å²) in [5.41, 5.74) is 2.13. The molecule has 17 heavy (non-hydrogen) atoms. The average molecular weight is 235 g/mol. The molecule has 1 aliphatic rings. The molecule has 1 aromatic carbocycles. The van der Waals surface area contributed by atoms with Gasteiger partial charge in [0.1, 0.15) is 11.6 Å². The molecule has 0 amide bonds. The lowest BCUT2D eigenvalue weighted by atomic mass is 9.97. The van der Waals surface area contributed by atoms with Crippen molar-refractivity contribution in [2.24, 2.45) is 5.92 Å². The maximum Gasteiger partial charge on any atom is 0.138 e. The second-order valence-electron chi connectivity index (χ2n) is 4.92. The van der Waals surface area contributed by atoms with Crippen LogP contribution in [0, 0.1) is 18.7 Å². The third kappa shape index (κ3) is 2.91. The lowest BCUT2D eigenvalue weighted by Gasteiger charge is -2.30. The maximum absolute atomic E-state index is 13.0. The van der Waals surface area contributed by atoms with Crippen LogP contribution < -0.4 is 0 Å². The lowest BCUT2D eigenvalue weighted by molar-refractivity contribution is -0.125. The fourth-order valence-corrected chi connectivity index (χ4v) is 2.32. The maximum atomic E-state index is 13.0. The van der Waals surface area contributed by atoms with Gasteiger partial charge in [0.05, 0.1) is 0 Å². The van der Waals surface area contributed by atoms with Gasteiger partial charge in [-0.15, -0.1) is 0 Å². The molecule has 0 N–H and O–H groups in total. The summed E-state index contributed by atoms with van der Waals surface area (Å²) < 4.78 is 13.0. The number of piperidine rings is 1. The fraction of sp³-hybridized carbons (Fsp3) is 0.500. The lowest BCUT2D eigenvalue weighted by Crippen LogP contribution is -2.39. The van der Waals surface area contributed by atoms with Gasteiger partial charge in [-0.2, -0.15) is 0 Å². The summed E-state index contributed by atoms with van der Waals surface area (Å²) in [5, 5.41) is 0. The number of carbonyl (C=O) groups is 1. The fourth-order valence-electron chi connectivity index (χ4n) is 2.32. The molecule has 2 nitrogen and oxygen atoms in total. The molecule has 1 saturated heterocycles. The molecule has 0 spiro atoms. The zero-order chi connectivity index (χ0) is 12.4. The van der Waals surface area contributed by atoms with E-state index in [4.69, 9.17) is 0 Å². The standard InChI is InChI=1S/C14H18FNO/c1-10-7-13(15)4-3-12(10)9-16-6-5-14(17)11(2)8-16/h3-4,7,11H,5-6,8-9H2,1-2H3. The largest absolute Gasteiger partial charge is 0.299 e. The Kier molecular flexibility index (Phi) is 3.57. The molecule has 92 valence electrons. The number of aryl methyl sites for hydroxylation is 1. The highest BCUT2D eigenvalue weighted by Crippen LogP contribution is 2.17. The van der Waals surface area contributed by atoms with Gasteiger partial charge in [-0.1, -0.05) is 13.0 Å². The molecular weight excluding hydrogens is 217 g/mol. The number of Topliss-reactive ketones (excluding diaryl/α,β-unsaturated/α-hetero) is 1. The van der Waals surface area contributed by atoms with Gasteiger partial charge in [0.25, 0.3) is 0 Å². The van der Waals surface area contributed by atoms with E-state index in [0.717, 1.165) is 30.8 Å². The van der Waals surface area contributed by atoms with Crippen LogP contribution in [0.25, 0.3) is 0 Å². The summed E-state index contributed by atoms with van der Waals surface area (Å²) >= 11 is 0. The molecule has 1 fully saturated rings. The van der Waals surface area contributed by atoms with Crippen LogP contribution in [0.5, 0.6) is 0 Å². The van der Waals surface area contributed by atoms with E-state index in [-0.39, 0.29) is 11.7 Å². The Morgan fingerprint density at radius 1 is 1.47 bits per heavy atom. The molecule has 2 rings (SSSR count). The van der Waals surface area contributed by atoms with Gasteiger partial charge in [0.2, 0.25) is 0 Å². The molecule has 0 radical (unpaired) electrons. The molecule has 0 bridgehead atoms. The Labute approximate surface area is 101 Å². The van der Waals surface area contributed by atoms with Crippen molar-refractivity contribution in [3.63, 3.8) is 0 Å². The smallest absolute Gasteiger partial charge is 0.138 e. The number of carbonyl (C=O) groups excluding carboxylic acids is 1. The second-order valence-corrected chi connectivity index (χ2v) is 4.92. The van der Waals surface area contributed by atoms with Crippen molar-refractivity contribution in [3.05, 3.63) is 35.1 Å². The van der Waals surface area contributed by atoms with Gasteiger partial charge < -0.3 is 0 Å². The van der Waals surface area contributed by atoms with Gasteiger partial charge in [-0.25, -0.2) is 4.39 Å². The van der Waals surface area contributed by atoms with Crippen LogP contribution >= 0.6 is 0 Å². The molecule has 1 heterocycles. The molecule has 1 aliphatic heterocycles. The second kappa shape index (κ2) is 4.96. The van der Waals surface area contributed by atoms with Crippen molar-refractivity contribution in [1.29, 1.82) is 0 Å². The van der Waals surface area contributed by atoms with E-state index in [1.807, 2.05) is 19.9 Å². The van der Waals surface area contributed by atoms with Gasteiger partial charge in [0, 0.05) is 32.0 Å². The van der Waals surface area contributed by atoms with Gasteiger partial charge in [0.15, 0.2) is 0 Å². The number of halogens is 1. The van der Waals surface area contributed by atoms with Crippen molar-refractivity contribution in [2.45, 2.75) is 26.8 Å². The van der Waals surface area contributed by atoms with Crippen LogP contribution in [-0.4, -0.2) is 23.8 Å². The van der Waals surface area contributed by atoms with E-state index < -0.39 is 0 Å². The van der Waals surface area contributed by atoms with Crippen molar-refractivity contribution in [1.82, 2.24) is 4.90 Å². The first-order valence-corrected chi connectivity index (χ1v) is 6.06.